The van der Waals surface area contributed by atoms with Crippen LogP contribution in [-0.2, 0) is 13.0 Å². The van der Waals surface area contributed by atoms with Gasteiger partial charge in [-0.25, -0.2) is 9.37 Å². The molecule has 0 saturated carbocycles. The molecule has 84 valence electrons. The SMILES string of the molecule is CCn1cnc(Cc2ccc(F)c(Br)c2)n1. The van der Waals surface area contributed by atoms with Crippen molar-refractivity contribution in [2.24, 2.45) is 0 Å². The maximum atomic E-state index is 13.0. The van der Waals surface area contributed by atoms with E-state index >= 15 is 0 Å². The fourth-order valence-corrected chi connectivity index (χ4v) is 1.82. The number of halogens is 2. The van der Waals surface area contributed by atoms with Gasteiger partial charge in [0.25, 0.3) is 0 Å². The van der Waals surface area contributed by atoms with Crippen molar-refractivity contribution in [3.63, 3.8) is 0 Å². The summed E-state index contributed by atoms with van der Waals surface area (Å²) in [7, 11) is 0. The highest BCUT2D eigenvalue weighted by molar-refractivity contribution is 9.10. The second-order valence-electron chi connectivity index (χ2n) is 3.44. The molecule has 1 aromatic carbocycles. The van der Waals surface area contributed by atoms with Crippen molar-refractivity contribution >= 4 is 15.9 Å². The van der Waals surface area contributed by atoms with E-state index in [1.807, 2.05) is 6.92 Å². The van der Waals surface area contributed by atoms with Crippen LogP contribution in [-0.4, -0.2) is 14.8 Å². The molecule has 0 saturated heterocycles. The Labute approximate surface area is 101 Å². The number of hydrogen-bond acceptors (Lipinski definition) is 2. The summed E-state index contributed by atoms with van der Waals surface area (Å²) in [6.07, 6.45) is 2.32. The van der Waals surface area contributed by atoms with Gasteiger partial charge in [0.2, 0.25) is 0 Å². The molecule has 1 aromatic heterocycles. The second kappa shape index (κ2) is 4.74. The van der Waals surface area contributed by atoms with Gasteiger partial charge >= 0.3 is 0 Å². The Morgan fingerprint density at radius 3 is 2.88 bits per heavy atom. The first kappa shape index (κ1) is 11.3. The fraction of sp³-hybridized carbons (Fsp3) is 0.273. The van der Waals surface area contributed by atoms with E-state index in [2.05, 4.69) is 26.0 Å². The van der Waals surface area contributed by atoms with Crippen LogP contribution in [0.25, 0.3) is 0 Å². The average Bonchev–Trinajstić information content (AvgIpc) is 2.71. The molecule has 0 bridgehead atoms. The molecule has 0 aliphatic rings. The summed E-state index contributed by atoms with van der Waals surface area (Å²) in [5.41, 5.74) is 0.988. The Morgan fingerprint density at radius 2 is 2.25 bits per heavy atom. The van der Waals surface area contributed by atoms with E-state index < -0.39 is 0 Å². The molecular formula is C11H11BrFN3. The Hall–Kier alpha value is -1.23. The van der Waals surface area contributed by atoms with E-state index in [0.717, 1.165) is 17.9 Å². The lowest BCUT2D eigenvalue weighted by Gasteiger charge is -1.99. The Balaban J connectivity index is 2.17. The maximum Gasteiger partial charge on any atom is 0.154 e. The van der Waals surface area contributed by atoms with Gasteiger partial charge in [0, 0.05) is 13.0 Å². The van der Waals surface area contributed by atoms with Gasteiger partial charge in [-0.2, -0.15) is 5.10 Å². The van der Waals surface area contributed by atoms with Crippen molar-refractivity contribution in [1.29, 1.82) is 0 Å². The molecular weight excluding hydrogens is 273 g/mol. The molecule has 2 rings (SSSR count). The molecule has 0 atom stereocenters. The van der Waals surface area contributed by atoms with Crippen molar-refractivity contribution in [3.8, 4) is 0 Å². The Bertz CT molecular complexity index is 496. The van der Waals surface area contributed by atoms with Crippen molar-refractivity contribution in [2.45, 2.75) is 19.9 Å². The minimum Gasteiger partial charge on any atom is -0.253 e. The van der Waals surface area contributed by atoms with Crippen LogP contribution in [0.1, 0.15) is 18.3 Å². The fourth-order valence-electron chi connectivity index (χ4n) is 1.40. The zero-order chi connectivity index (χ0) is 11.5. The molecule has 0 aliphatic heterocycles. The third-order valence-corrected chi connectivity index (χ3v) is 2.86. The monoisotopic (exact) mass is 283 g/mol. The molecule has 1 heterocycles. The highest BCUT2D eigenvalue weighted by atomic mass is 79.9. The first-order valence-corrected chi connectivity index (χ1v) is 5.80. The van der Waals surface area contributed by atoms with E-state index in [1.165, 1.54) is 6.07 Å². The zero-order valence-corrected chi connectivity index (χ0v) is 10.4. The quantitative estimate of drug-likeness (QED) is 0.867. The number of nitrogens with zero attached hydrogens (tertiary/aromatic N) is 3. The van der Waals surface area contributed by atoms with Gasteiger partial charge in [-0.15, -0.1) is 0 Å². The topological polar surface area (TPSA) is 30.7 Å². The third kappa shape index (κ3) is 2.47. The molecule has 0 aliphatic carbocycles. The van der Waals surface area contributed by atoms with Crippen molar-refractivity contribution in [2.75, 3.05) is 0 Å². The van der Waals surface area contributed by atoms with E-state index in [-0.39, 0.29) is 5.82 Å². The number of rotatable bonds is 3. The lowest BCUT2D eigenvalue weighted by molar-refractivity contribution is 0.620. The van der Waals surface area contributed by atoms with Crippen LogP contribution in [0.3, 0.4) is 0 Å². The van der Waals surface area contributed by atoms with Crippen LogP contribution in [0, 0.1) is 5.82 Å². The minimum atomic E-state index is -0.254. The van der Waals surface area contributed by atoms with Gasteiger partial charge in [-0.05, 0) is 40.5 Å². The van der Waals surface area contributed by atoms with Crippen molar-refractivity contribution in [3.05, 3.63) is 46.2 Å². The smallest absolute Gasteiger partial charge is 0.154 e. The normalized spacial score (nSPS) is 10.7. The first-order chi connectivity index (χ1) is 7.69. The maximum absolute atomic E-state index is 13.0. The van der Waals surface area contributed by atoms with Crippen LogP contribution in [0.4, 0.5) is 4.39 Å². The standard InChI is InChI=1S/C11H11BrFN3/c1-2-16-7-14-11(15-16)6-8-3-4-10(13)9(12)5-8/h3-5,7H,2,6H2,1H3. The van der Waals surface area contributed by atoms with Crippen LogP contribution < -0.4 is 0 Å². The van der Waals surface area contributed by atoms with Crippen LogP contribution >= 0.6 is 15.9 Å². The van der Waals surface area contributed by atoms with Gasteiger partial charge in [0.05, 0.1) is 4.47 Å². The summed E-state index contributed by atoms with van der Waals surface area (Å²) in [5.74, 6) is 0.496. The second-order valence-corrected chi connectivity index (χ2v) is 4.30. The molecule has 2 aromatic rings. The summed E-state index contributed by atoms with van der Waals surface area (Å²) in [6.45, 7) is 2.81. The molecule has 0 amide bonds. The number of hydrogen-bond donors (Lipinski definition) is 0. The summed E-state index contributed by atoms with van der Waals surface area (Å²) >= 11 is 3.16. The van der Waals surface area contributed by atoms with Crippen LogP contribution in [0.15, 0.2) is 29.0 Å². The van der Waals surface area contributed by atoms with E-state index in [4.69, 9.17) is 0 Å². The highest BCUT2D eigenvalue weighted by Gasteiger charge is 2.04. The van der Waals surface area contributed by atoms with E-state index in [1.54, 1.807) is 23.1 Å². The predicted molar refractivity (Wildman–Crippen MR) is 62.6 cm³/mol. The molecule has 0 fully saturated rings. The van der Waals surface area contributed by atoms with Gasteiger partial charge in [0.1, 0.15) is 12.1 Å². The number of aryl methyl sites for hydroxylation is 1. The van der Waals surface area contributed by atoms with Crippen molar-refractivity contribution < 1.29 is 4.39 Å². The highest BCUT2D eigenvalue weighted by Crippen LogP contribution is 2.18. The summed E-state index contributed by atoms with van der Waals surface area (Å²) < 4.78 is 15.3. The van der Waals surface area contributed by atoms with Crippen LogP contribution in [0.5, 0.6) is 0 Å². The Kier molecular flexibility index (Phi) is 3.33. The molecule has 0 N–H and O–H groups in total. The van der Waals surface area contributed by atoms with Gasteiger partial charge in [-0.1, -0.05) is 6.07 Å². The lowest BCUT2D eigenvalue weighted by Crippen LogP contribution is -1.97. The predicted octanol–water partition coefficient (Wildman–Crippen LogP) is 2.79. The largest absolute Gasteiger partial charge is 0.253 e. The summed E-state index contributed by atoms with van der Waals surface area (Å²) in [4.78, 5) is 4.18. The van der Waals surface area contributed by atoms with E-state index in [9.17, 15) is 4.39 Å². The number of benzene rings is 1. The van der Waals surface area contributed by atoms with Gasteiger partial charge in [0.15, 0.2) is 5.82 Å². The molecule has 0 unspecified atom stereocenters. The molecule has 5 heteroatoms. The van der Waals surface area contributed by atoms with Crippen molar-refractivity contribution in [1.82, 2.24) is 14.8 Å². The summed E-state index contributed by atoms with van der Waals surface area (Å²) in [5, 5.41) is 4.27. The molecule has 0 spiro atoms. The van der Waals surface area contributed by atoms with Gasteiger partial charge < -0.3 is 0 Å². The Morgan fingerprint density at radius 1 is 1.44 bits per heavy atom. The van der Waals surface area contributed by atoms with E-state index in [0.29, 0.717) is 10.9 Å². The minimum absolute atomic E-state index is 0.254. The molecule has 3 nitrogen and oxygen atoms in total. The third-order valence-electron chi connectivity index (χ3n) is 2.25. The lowest BCUT2D eigenvalue weighted by atomic mass is 10.1. The first-order valence-electron chi connectivity index (χ1n) is 5.01. The van der Waals surface area contributed by atoms with Crippen LogP contribution in [0.2, 0.25) is 0 Å². The number of aromatic nitrogens is 3. The summed E-state index contributed by atoms with van der Waals surface area (Å²) in [6, 6.07) is 4.94. The van der Waals surface area contributed by atoms with Gasteiger partial charge in [-0.3, -0.25) is 4.68 Å². The molecule has 0 radical (unpaired) electrons. The molecule has 16 heavy (non-hydrogen) atoms. The average molecular weight is 284 g/mol. The zero-order valence-electron chi connectivity index (χ0n) is 8.82.